The molecule has 1 aromatic carbocycles. The molecule has 1 aromatic heterocycles. The fraction of sp³-hybridized carbons (Fsp3) is 0.250. The first-order valence-corrected chi connectivity index (χ1v) is 7.86. The Balaban J connectivity index is 2.02. The smallest absolute Gasteiger partial charge is 0.387 e. The maximum atomic E-state index is 12.4. The van der Waals surface area contributed by atoms with Gasteiger partial charge in [-0.3, -0.25) is 14.6 Å². The van der Waals surface area contributed by atoms with Crippen molar-refractivity contribution < 1.29 is 18.3 Å². The molecular weight excluding hydrogens is 366 g/mol. The van der Waals surface area contributed by atoms with E-state index in [1.165, 1.54) is 12.3 Å². The summed E-state index contributed by atoms with van der Waals surface area (Å²) in [5.74, 6) is -0.339. The Hall–Kier alpha value is -2.88. The van der Waals surface area contributed by atoms with E-state index >= 15 is 0 Å². The van der Waals surface area contributed by atoms with Crippen LogP contribution in [0.1, 0.15) is 22.4 Å². The SMILES string of the molecule is Cc1cc(/C=N\NC(=O)Cc2cc(=O)[nH]c(=S)[nH]2)cc(C)c1OC(F)F. The van der Waals surface area contributed by atoms with Crippen LogP contribution in [-0.4, -0.2) is 28.7 Å². The van der Waals surface area contributed by atoms with Crippen LogP contribution in [0.25, 0.3) is 0 Å². The zero-order chi connectivity index (χ0) is 19.3. The molecule has 0 spiro atoms. The summed E-state index contributed by atoms with van der Waals surface area (Å²) in [6.07, 6.45) is 1.27. The number of carbonyl (C=O) groups is 1. The normalized spacial score (nSPS) is 11.1. The van der Waals surface area contributed by atoms with E-state index in [9.17, 15) is 18.4 Å². The molecule has 1 heterocycles. The van der Waals surface area contributed by atoms with E-state index < -0.39 is 18.1 Å². The minimum absolute atomic E-state index is 0.107. The van der Waals surface area contributed by atoms with Crippen LogP contribution in [0.2, 0.25) is 0 Å². The second-order valence-corrected chi connectivity index (χ2v) is 5.85. The highest BCUT2D eigenvalue weighted by Crippen LogP contribution is 2.25. The van der Waals surface area contributed by atoms with E-state index in [1.54, 1.807) is 26.0 Å². The highest BCUT2D eigenvalue weighted by Gasteiger charge is 2.11. The Bertz CT molecular complexity index is 902. The zero-order valence-electron chi connectivity index (χ0n) is 13.9. The summed E-state index contributed by atoms with van der Waals surface area (Å²) in [5.41, 5.74) is 3.92. The Morgan fingerprint density at radius 1 is 1.31 bits per heavy atom. The molecule has 138 valence electrons. The average molecular weight is 382 g/mol. The fourth-order valence-corrected chi connectivity index (χ4v) is 2.57. The summed E-state index contributed by atoms with van der Waals surface area (Å²) < 4.78 is 29.3. The molecule has 0 saturated carbocycles. The van der Waals surface area contributed by atoms with E-state index in [0.717, 1.165) is 0 Å². The second-order valence-electron chi connectivity index (χ2n) is 5.45. The standard InChI is InChI=1S/C16H16F2N4O3S/c1-8-3-10(4-9(2)14(8)25-15(17)18)7-19-22-13(24)6-11-5-12(23)21-16(26)20-11/h3-5,7,15H,6H2,1-2H3,(H,22,24)(H2,20,21,23,26)/b19-7-. The molecular formula is C16H16F2N4O3S. The molecule has 0 radical (unpaired) electrons. The number of nitrogens with one attached hydrogen (secondary N) is 3. The number of aryl methyl sites for hydroxylation is 2. The number of benzene rings is 1. The van der Waals surface area contributed by atoms with Gasteiger partial charge >= 0.3 is 6.61 Å². The van der Waals surface area contributed by atoms with Gasteiger partial charge in [0.15, 0.2) is 4.77 Å². The van der Waals surface area contributed by atoms with Crippen LogP contribution >= 0.6 is 12.2 Å². The third kappa shape index (κ3) is 5.59. The van der Waals surface area contributed by atoms with E-state index in [4.69, 9.17) is 12.2 Å². The van der Waals surface area contributed by atoms with Gasteiger partial charge in [0.2, 0.25) is 5.91 Å². The number of hydrazone groups is 1. The van der Waals surface area contributed by atoms with Crippen LogP contribution in [0.15, 0.2) is 28.1 Å². The predicted molar refractivity (Wildman–Crippen MR) is 94.2 cm³/mol. The number of hydrogen-bond acceptors (Lipinski definition) is 5. The van der Waals surface area contributed by atoms with Crippen LogP contribution in [0.4, 0.5) is 8.78 Å². The third-order valence-corrected chi connectivity index (χ3v) is 3.46. The third-order valence-electron chi connectivity index (χ3n) is 3.26. The largest absolute Gasteiger partial charge is 0.434 e. The van der Waals surface area contributed by atoms with Crippen molar-refractivity contribution in [3.8, 4) is 5.75 Å². The highest BCUT2D eigenvalue weighted by atomic mass is 32.1. The first kappa shape index (κ1) is 19.4. The van der Waals surface area contributed by atoms with Gasteiger partial charge in [0, 0.05) is 11.8 Å². The lowest BCUT2D eigenvalue weighted by atomic mass is 10.1. The molecule has 2 aromatic rings. The lowest BCUT2D eigenvalue weighted by Crippen LogP contribution is -2.21. The van der Waals surface area contributed by atoms with Gasteiger partial charge in [0.1, 0.15) is 5.75 Å². The van der Waals surface area contributed by atoms with Gasteiger partial charge in [-0.15, -0.1) is 0 Å². The van der Waals surface area contributed by atoms with E-state index in [-0.39, 0.29) is 16.9 Å². The molecule has 0 aliphatic heterocycles. The number of aromatic amines is 2. The topological polar surface area (TPSA) is 99.3 Å². The van der Waals surface area contributed by atoms with Crippen molar-refractivity contribution in [1.29, 1.82) is 0 Å². The first-order chi connectivity index (χ1) is 12.2. The van der Waals surface area contributed by atoms with Gasteiger partial charge in [-0.2, -0.15) is 13.9 Å². The van der Waals surface area contributed by atoms with Gasteiger partial charge in [-0.1, -0.05) is 0 Å². The molecule has 26 heavy (non-hydrogen) atoms. The van der Waals surface area contributed by atoms with E-state index in [1.807, 2.05) is 0 Å². The summed E-state index contributed by atoms with van der Waals surface area (Å²) in [6.45, 7) is 0.370. The maximum absolute atomic E-state index is 12.4. The Morgan fingerprint density at radius 3 is 2.54 bits per heavy atom. The number of ether oxygens (including phenoxy) is 1. The van der Waals surface area contributed by atoms with Gasteiger partial charge < -0.3 is 9.72 Å². The number of H-pyrrole nitrogens is 2. The Kier molecular flexibility index (Phi) is 6.34. The molecule has 0 bridgehead atoms. The molecule has 10 heteroatoms. The molecule has 0 unspecified atom stereocenters. The molecule has 0 atom stereocenters. The first-order valence-electron chi connectivity index (χ1n) is 7.45. The monoisotopic (exact) mass is 382 g/mol. The van der Waals surface area contributed by atoms with Gasteiger partial charge in [-0.25, -0.2) is 5.43 Å². The van der Waals surface area contributed by atoms with Gasteiger partial charge in [-0.05, 0) is 54.9 Å². The van der Waals surface area contributed by atoms with Gasteiger partial charge in [0.05, 0.1) is 12.6 Å². The molecule has 2 rings (SSSR count). The number of alkyl halides is 2. The predicted octanol–water partition coefficient (Wildman–Crippen LogP) is 2.34. The van der Waals surface area contributed by atoms with Crippen molar-refractivity contribution >= 4 is 24.3 Å². The number of amides is 1. The molecule has 0 aliphatic carbocycles. The lowest BCUT2D eigenvalue weighted by molar-refractivity contribution is -0.120. The molecule has 0 fully saturated rings. The van der Waals surface area contributed by atoms with Crippen LogP contribution in [0, 0.1) is 18.6 Å². The maximum Gasteiger partial charge on any atom is 0.387 e. The van der Waals surface area contributed by atoms with E-state index in [0.29, 0.717) is 22.4 Å². The Morgan fingerprint density at radius 2 is 1.96 bits per heavy atom. The Labute approximate surface area is 152 Å². The number of carbonyl (C=O) groups excluding carboxylic acids is 1. The van der Waals surface area contributed by atoms with Crippen molar-refractivity contribution in [2.75, 3.05) is 0 Å². The summed E-state index contributed by atoms with van der Waals surface area (Å²) >= 11 is 4.82. The van der Waals surface area contributed by atoms with Crippen molar-refractivity contribution in [1.82, 2.24) is 15.4 Å². The number of nitrogens with zero attached hydrogens (tertiary/aromatic N) is 1. The van der Waals surface area contributed by atoms with Gasteiger partial charge in [0.25, 0.3) is 5.56 Å². The summed E-state index contributed by atoms with van der Waals surface area (Å²) in [7, 11) is 0. The minimum atomic E-state index is -2.90. The van der Waals surface area contributed by atoms with Crippen molar-refractivity contribution in [3.63, 3.8) is 0 Å². The number of rotatable bonds is 6. The molecule has 7 nitrogen and oxygen atoms in total. The average Bonchev–Trinajstić information content (AvgIpc) is 2.49. The van der Waals surface area contributed by atoms with Crippen LogP contribution in [0.3, 0.4) is 0 Å². The second kappa shape index (κ2) is 8.48. The zero-order valence-corrected chi connectivity index (χ0v) is 14.7. The molecule has 0 saturated heterocycles. The number of halogens is 2. The van der Waals surface area contributed by atoms with Crippen LogP contribution in [0.5, 0.6) is 5.75 Å². The summed E-state index contributed by atoms with van der Waals surface area (Å²) in [4.78, 5) is 28.2. The van der Waals surface area contributed by atoms with Crippen LogP contribution in [-0.2, 0) is 11.2 Å². The summed E-state index contributed by atoms with van der Waals surface area (Å²) in [5, 5.41) is 3.82. The molecule has 1 amide bonds. The quantitative estimate of drug-likeness (QED) is 0.406. The fourth-order valence-electron chi connectivity index (χ4n) is 2.34. The molecule has 3 N–H and O–H groups in total. The van der Waals surface area contributed by atoms with Crippen molar-refractivity contribution in [2.45, 2.75) is 26.9 Å². The number of hydrogen-bond donors (Lipinski definition) is 3. The molecule has 0 aliphatic rings. The van der Waals surface area contributed by atoms with Crippen molar-refractivity contribution in [3.05, 3.63) is 55.7 Å². The van der Waals surface area contributed by atoms with Crippen molar-refractivity contribution in [2.24, 2.45) is 5.10 Å². The highest BCUT2D eigenvalue weighted by molar-refractivity contribution is 7.71. The minimum Gasteiger partial charge on any atom is -0.434 e. The van der Waals surface area contributed by atoms with E-state index in [2.05, 4.69) is 25.2 Å². The van der Waals surface area contributed by atoms with Crippen LogP contribution < -0.4 is 15.7 Å². The summed E-state index contributed by atoms with van der Waals surface area (Å²) in [6, 6.07) is 4.44. The number of aromatic nitrogens is 2. The lowest BCUT2D eigenvalue weighted by Gasteiger charge is -2.11.